The maximum absolute atomic E-state index is 12.4. The molecule has 0 aliphatic rings. The van der Waals surface area contributed by atoms with Crippen molar-refractivity contribution in [3.8, 4) is 0 Å². The van der Waals surface area contributed by atoms with Crippen molar-refractivity contribution in [1.82, 2.24) is 5.32 Å². The Morgan fingerprint density at radius 1 is 1.10 bits per heavy atom. The van der Waals surface area contributed by atoms with Gasteiger partial charge in [-0.1, -0.05) is 66.0 Å². The molecule has 0 heterocycles. The van der Waals surface area contributed by atoms with Gasteiger partial charge in [-0.3, -0.25) is 4.79 Å². The van der Waals surface area contributed by atoms with Gasteiger partial charge in [0, 0.05) is 0 Å². The van der Waals surface area contributed by atoms with Gasteiger partial charge < -0.3 is 5.32 Å². The molecule has 0 saturated heterocycles. The summed E-state index contributed by atoms with van der Waals surface area (Å²) in [6, 6.07) is 13.1. The Kier molecular flexibility index (Phi) is 5.27. The van der Waals surface area contributed by atoms with Gasteiger partial charge in [-0.25, -0.2) is 0 Å². The summed E-state index contributed by atoms with van der Waals surface area (Å²) in [5, 5.41) is 3.71. The van der Waals surface area contributed by atoms with Gasteiger partial charge in [0.25, 0.3) is 5.91 Å². The largest absolute Gasteiger partial charge is 0.345 e. The van der Waals surface area contributed by atoms with Gasteiger partial charge in [-0.2, -0.15) is 0 Å². The number of nitrogens with one attached hydrogen (secondary N) is 1. The second-order valence-corrected chi connectivity index (χ2v) is 5.76. The first-order chi connectivity index (χ1) is 10.0. The summed E-state index contributed by atoms with van der Waals surface area (Å²) in [4.78, 5) is 12.4. The van der Waals surface area contributed by atoms with Crippen molar-refractivity contribution in [2.75, 3.05) is 0 Å². The molecule has 1 N–H and O–H groups in total. The first-order valence-corrected chi connectivity index (χ1v) is 7.60. The highest BCUT2D eigenvalue weighted by Crippen LogP contribution is 2.25. The zero-order valence-corrected chi connectivity index (χ0v) is 13.5. The standard InChI is InChI=1S/C17H17Cl2NO/c1-3-15(12-9-7-11(2)8-10-12)20-17(21)16-13(18)5-4-6-14(16)19/h4-10,15H,3H2,1-2H3,(H,20,21)/t15-/m0/s1. The zero-order chi connectivity index (χ0) is 15.4. The average molecular weight is 322 g/mol. The predicted octanol–water partition coefficient (Wildman–Crippen LogP) is 5.18. The van der Waals surface area contributed by atoms with Crippen LogP contribution in [-0.4, -0.2) is 5.91 Å². The topological polar surface area (TPSA) is 29.1 Å². The molecule has 0 aliphatic carbocycles. The van der Waals surface area contributed by atoms with Gasteiger partial charge in [-0.15, -0.1) is 0 Å². The molecule has 0 unspecified atom stereocenters. The minimum absolute atomic E-state index is 0.0644. The highest BCUT2D eigenvalue weighted by atomic mass is 35.5. The highest BCUT2D eigenvalue weighted by molar-refractivity contribution is 6.39. The summed E-state index contributed by atoms with van der Waals surface area (Å²) >= 11 is 12.1. The fourth-order valence-corrected chi connectivity index (χ4v) is 2.73. The number of aryl methyl sites for hydroxylation is 1. The molecule has 0 spiro atoms. The van der Waals surface area contributed by atoms with Gasteiger partial charge >= 0.3 is 0 Å². The van der Waals surface area contributed by atoms with Gasteiger partial charge in [0.05, 0.1) is 21.7 Å². The van der Waals surface area contributed by atoms with E-state index >= 15 is 0 Å². The van der Waals surface area contributed by atoms with E-state index in [1.807, 2.05) is 38.1 Å². The maximum atomic E-state index is 12.4. The zero-order valence-electron chi connectivity index (χ0n) is 12.0. The lowest BCUT2D eigenvalue weighted by Gasteiger charge is -2.18. The predicted molar refractivity (Wildman–Crippen MR) is 88.1 cm³/mol. The van der Waals surface area contributed by atoms with Crippen molar-refractivity contribution >= 4 is 29.1 Å². The van der Waals surface area contributed by atoms with Crippen LogP contribution in [0.25, 0.3) is 0 Å². The van der Waals surface area contributed by atoms with Crippen molar-refractivity contribution in [1.29, 1.82) is 0 Å². The van der Waals surface area contributed by atoms with Crippen molar-refractivity contribution in [2.24, 2.45) is 0 Å². The fraction of sp³-hybridized carbons (Fsp3) is 0.235. The van der Waals surface area contributed by atoms with Crippen molar-refractivity contribution in [3.63, 3.8) is 0 Å². The molecule has 0 radical (unpaired) electrons. The van der Waals surface area contributed by atoms with E-state index in [9.17, 15) is 4.79 Å². The Morgan fingerprint density at radius 2 is 1.67 bits per heavy atom. The number of rotatable bonds is 4. The molecular formula is C17H17Cl2NO. The number of carbonyl (C=O) groups is 1. The van der Waals surface area contributed by atoms with E-state index in [0.717, 1.165) is 12.0 Å². The summed E-state index contributed by atoms with van der Waals surface area (Å²) in [6.45, 7) is 4.06. The molecule has 21 heavy (non-hydrogen) atoms. The van der Waals surface area contributed by atoms with Crippen LogP contribution < -0.4 is 5.32 Å². The van der Waals surface area contributed by atoms with E-state index in [2.05, 4.69) is 5.32 Å². The van der Waals surface area contributed by atoms with Gasteiger partial charge in [0.15, 0.2) is 0 Å². The van der Waals surface area contributed by atoms with Crippen LogP contribution in [0.5, 0.6) is 0 Å². The second kappa shape index (κ2) is 6.97. The van der Waals surface area contributed by atoms with Crippen LogP contribution in [0, 0.1) is 6.92 Å². The molecule has 0 fully saturated rings. The Morgan fingerprint density at radius 3 is 2.19 bits per heavy atom. The molecule has 0 aromatic heterocycles. The van der Waals surface area contributed by atoms with Gasteiger partial charge in [0.1, 0.15) is 0 Å². The minimum atomic E-state index is -0.252. The third-order valence-corrected chi connectivity index (χ3v) is 4.01. The van der Waals surface area contributed by atoms with Crippen molar-refractivity contribution in [3.05, 3.63) is 69.2 Å². The lowest BCUT2D eigenvalue weighted by Crippen LogP contribution is -2.28. The lowest BCUT2D eigenvalue weighted by molar-refractivity contribution is 0.0936. The molecule has 2 aromatic rings. The van der Waals surface area contributed by atoms with Crippen LogP contribution >= 0.6 is 23.2 Å². The third-order valence-electron chi connectivity index (χ3n) is 3.38. The molecule has 2 nitrogen and oxygen atoms in total. The van der Waals surface area contributed by atoms with Gasteiger partial charge in [-0.05, 0) is 31.0 Å². The van der Waals surface area contributed by atoms with Crippen molar-refractivity contribution < 1.29 is 4.79 Å². The fourth-order valence-electron chi connectivity index (χ4n) is 2.17. The minimum Gasteiger partial charge on any atom is -0.345 e. The Labute approximate surface area is 135 Å². The van der Waals surface area contributed by atoms with Crippen LogP contribution in [0.4, 0.5) is 0 Å². The average Bonchev–Trinajstić information content (AvgIpc) is 2.45. The monoisotopic (exact) mass is 321 g/mol. The highest BCUT2D eigenvalue weighted by Gasteiger charge is 2.18. The normalized spacial score (nSPS) is 12.0. The summed E-state index contributed by atoms with van der Waals surface area (Å²) < 4.78 is 0. The third kappa shape index (κ3) is 3.78. The first kappa shape index (κ1) is 15.9. The number of carbonyl (C=O) groups excluding carboxylic acids is 1. The quantitative estimate of drug-likeness (QED) is 0.825. The molecular weight excluding hydrogens is 305 g/mol. The number of amides is 1. The molecule has 0 saturated carbocycles. The summed E-state index contributed by atoms with van der Waals surface area (Å²) in [5.74, 6) is -0.252. The molecule has 0 bridgehead atoms. The lowest BCUT2D eigenvalue weighted by atomic mass is 10.0. The van der Waals surface area contributed by atoms with E-state index in [1.54, 1.807) is 18.2 Å². The van der Waals surface area contributed by atoms with E-state index in [4.69, 9.17) is 23.2 Å². The number of halogens is 2. The molecule has 0 aliphatic heterocycles. The van der Waals surface area contributed by atoms with Crippen LogP contribution in [0.1, 0.15) is 40.9 Å². The summed E-state index contributed by atoms with van der Waals surface area (Å²) in [5.41, 5.74) is 2.58. The maximum Gasteiger partial charge on any atom is 0.254 e. The summed E-state index contributed by atoms with van der Waals surface area (Å²) in [7, 11) is 0. The van der Waals surface area contributed by atoms with Crippen LogP contribution in [0.3, 0.4) is 0 Å². The second-order valence-electron chi connectivity index (χ2n) is 4.94. The Bertz CT molecular complexity index is 617. The van der Waals surface area contributed by atoms with E-state index in [1.165, 1.54) is 5.56 Å². The Hall–Kier alpha value is -1.51. The van der Waals surface area contributed by atoms with E-state index < -0.39 is 0 Å². The van der Waals surface area contributed by atoms with Crippen molar-refractivity contribution in [2.45, 2.75) is 26.3 Å². The van der Waals surface area contributed by atoms with Crippen LogP contribution in [-0.2, 0) is 0 Å². The first-order valence-electron chi connectivity index (χ1n) is 6.84. The Balaban J connectivity index is 2.22. The molecule has 1 amide bonds. The number of hydrogen-bond acceptors (Lipinski definition) is 1. The smallest absolute Gasteiger partial charge is 0.254 e. The SMILES string of the molecule is CC[C@H](NC(=O)c1c(Cl)cccc1Cl)c1ccc(C)cc1. The van der Waals surface area contributed by atoms with Crippen LogP contribution in [0.15, 0.2) is 42.5 Å². The van der Waals surface area contributed by atoms with E-state index in [0.29, 0.717) is 15.6 Å². The molecule has 110 valence electrons. The van der Waals surface area contributed by atoms with Crippen LogP contribution in [0.2, 0.25) is 10.0 Å². The molecule has 2 aromatic carbocycles. The molecule has 4 heteroatoms. The molecule has 1 atom stereocenters. The summed E-state index contributed by atoms with van der Waals surface area (Å²) in [6.07, 6.45) is 0.789. The molecule has 2 rings (SSSR count). The van der Waals surface area contributed by atoms with Gasteiger partial charge in [0.2, 0.25) is 0 Å². The number of hydrogen-bond donors (Lipinski definition) is 1. The number of benzene rings is 2. The van der Waals surface area contributed by atoms with E-state index in [-0.39, 0.29) is 11.9 Å².